The Bertz CT molecular complexity index is 979. The highest BCUT2D eigenvalue weighted by Crippen LogP contribution is 2.34. The van der Waals surface area contributed by atoms with Crippen LogP contribution in [0.4, 0.5) is 4.79 Å². The summed E-state index contributed by atoms with van der Waals surface area (Å²) in [6, 6.07) is 9.68. The van der Waals surface area contributed by atoms with Gasteiger partial charge in [-0.05, 0) is 75.1 Å². The minimum Gasteiger partial charge on any atom is -0.491 e. The number of ether oxygens (including phenoxy) is 1. The van der Waals surface area contributed by atoms with Crippen molar-refractivity contribution in [1.29, 1.82) is 0 Å². The molecule has 1 aromatic carbocycles. The number of carbonyl (C=O) groups excluding carboxylic acids is 2. The molecule has 0 fully saturated rings. The fourth-order valence-corrected chi connectivity index (χ4v) is 5.01. The first kappa shape index (κ1) is 26.1. The fraction of sp³-hybridized carbons (Fsp3) is 0.556. The third kappa shape index (κ3) is 6.98. The van der Waals surface area contributed by atoms with Gasteiger partial charge in [0.25, 0.3) is 0 Å². The zero-order valence-corrected chi connectivity index (χ0v) is 22.2. The first-order chi connectivity index (χ1) is 16.0. The predicted molar refractivity (Wildman–Crippen MR) is 138 cm³/mol. The first-order valence-corrected chi connectivity index (χ1v) is 13.0. The number of hydrogen-bond donors (Lipinski definition) is 1. The highest BCUT2D eigenvalue weighted by molar-refractivity contribution is 7.10. The SMILES string of the molecule is Cc1ccccc1OC[C@@H]1c2ccsc2CCN1C(=O)CN(CCC(C)C)C(=O)NC(C)(C)C. The molecule has 0 spiro atoms. The number of carbonyl (C=O) groups is 2. The highest BCUT2D eigenvalue weighted by Gasteiger charge is 2.34. The molecule has 0 unspecified atom stereocenters. The number of benzene rings is 1. The summed E-state index contributed by atoms with van der Waals surface area (Å²) in [5.74, 6) is 1.24. The van der Waals surface area contributed by atoms with Gasteiger partial charge in [-0.25, -0.2) is 4.79 Å². The molecule has 1 aliphatic rings. The molecule has 186 valence electrons. The Morgan fingerprint density at radius 2 is 1.97 bits per heavy atom. The Morgan fingerprint density at radius 3 is 2.65 bits per heavy atom. The van der Waals surface area contributed by atoms with Crippen molar-refractivity contribution in [2.75, 3.05) is 26.2 Å². The molecule has 34 heavy (non-hydrogen) atoms. The lowest BCUT2D eigenvalue weighted by Gasteiger charge is -2.37. The molecule has 1 aromatic heterocycles. The van der Waals surface area contributed by atoms with Gasteiger partial charge in [0.2, 0.25) is 5.91 Å². The number of fused-ring (bicyclic) bond motifs is 1. The van der Waals surface area contributed by atoms with Crippen molar-refractivity contribution in [2.24, 2.45) is 5.92 Å². The van der Waals surface area contributed by atoms with Crippen molar-refractivity contribution in [3.63, 3.8) is 0 Å². The van der Waals surface area contributed by atoms with Crippen LogP contribution in [0.2, 0.25) is 0 Å². The van der Waals surface area contributed by atoms with Gasteiger partial charge in [-0.1, -0.05) is 32.0 Å². The molecule has 2 heterocycles. The van der Waals surface area contributed by atoms with Crippen molar-refractivity contribution in [1.82, 2.24) is 15.1 Å². The maximum Gasteiger partial charge on any atom is 0.318 e. The van der Waals surface area contributed by atoms with Gasteiger partial charge >= 0.3 is 6.03 Å². The second-order valence-electron chi connectivity index (χ2n) is 10.5. The van der Waals surface area contributed by atoms with Gasteiger partial charge in [0.15, 0.2) is 0 Å². The van der Waals surface area contributed by atoms with Crippen LogP contribution in [-0.2, 0) is 11.2 Å². The molecule has 0 radical (unpaired) electrons. The van der Waals surface area contributed by atoms with Crippen molar-refractivity contribution in [3.8, 4) is 5.75 Å². The summed E-state index contributed by atoms with van der Waals surface area (Å²) in [5, 5.41) is 5.11. The molecule has 0 aliphatic carbocycles. The zero-order chi connectivity index (χ0) is 24.9. The van der Waals surface area contributed by atoms with E-state index in [1.165, 1.54) is 4.88 Å². The molecule has 7 heteroatoms. The molecule has 0 saturated heterocycles. The number of nitrogens with zero attached hydrogens (tertiary/aromatic N) is 2. The molecule has 1 aliphatic heterocycles. The van der Waals surface area contributed by atoms with Crippen LogP contribution in [0.3, 0.4) is 0 Å². The van der Waals surface area contributed by atoms with Crippen molar-refractivity contribution < 1.29 is 14.3 Å². The summed E-state index contributed by atoms with van der Waals surface area (Å²) in [6.07, 6.45) is 1.68. The van der Waals surface area contributed by atoms with E-state index in [0.717, 1.165) is 29.7 Å². The lowest BCUT2D eigenvalue weighted by atomic mass is 10.00. The van der Waals surface area contributed by atoms with Crippen LogP contribution in [0.1, 0.15) is 63.1 Å². The van der Waals surface area contributed by atoms with Gasteiger partial charge in [-0.3, -0.25) is 4.79 Å². The number of para-hydroxylation sites is 1. The number of urea groups is 1. The maximum absolute atomic E-state index is 13.6. The standard InChI is InChI=1S/C27H39N3O3S/c1-19(2)11-14-29(26(32)28-27(4,5)6)17-25(31)30-15-12-24-21(13-16-34-24)22(30)18-33-23-10-8-7-9-20(23)3/h7-10,13,16,19,22H,11-12,14-15,17-18H2,1-6H3,(H,28,32)/t22-/m1/s1. The summed E-state index contributed by atoms with van der Waals surface area (Å²) in [6.45, 7) is 13.8. The third-order valence-electron chi connectivity index (χ3n) is 5.98. The zero-order valence-electron chi connectivity index (χ0n) is 21.4. The fourth-order valence-electron chi connectivity index (χ4n) is 4.08. The molecule has 6 nitrogen and oxygen atoms in total. The van der Waals surface area contributed by atoms with Crippen LogP contribution in [0.25, 0.3) is 0 Å². The van der Waals surface area contributed by atoms with E-state index in [1.54, 1.807) is 16.2 Å². The predicted octanol–water partition coefficient (Wildman–Crippen LogP) is 5.42. The quantitative estimate of drug-likeness (QED) is 0.543. The van der Waals surface area contributed by atoms with Gasteiger partial charge in [0.05, 0.1) is 6.04 Å². The largest absolute Gasteiger partial charge is 0.491 e. The van der Waals surface area contributed by atoms with Crippen LogP contribution in [0.5, 0.6) is 5.75 Å². The molecule has 1 N–H and O–H groups in total. The number of nitrogens with one attached hydrogen (secondary N) is 1. The minimum atomic E-state index is -0.364. The number of hydrogen-bond acceptors (Lipinski definition) is 4. The van der Waals surface area contributed by atoms with E-state index in [1.807, 2.05) is 56.9 Å². The van der Waals surface area contributed by atoms with Crippen molar-refractivity contribution in [3.05, 3.63) is 51.7 Å². The number of aryl methyl sites for hydroxylation is 1. The van der Waals surface area contributed by atoms with Gasteiger partial charge in [0.1, 0.15) is 18.9 Å². The molecule has 0 bridgehead atoms. The normalized spacial score (nSPS) is 15.7. The molecule has 2 aromatic rings. The molecule has 1 atom stereocenters. The Labute approximate surface area is 208 Å². The van der Waals surface area contributed by atoms with E-state index in [9.17, 15) is 9.59 Å². The van der Waals surface area contributed by atoms with Crippen molar-refractivity contribution >= 4 is 23.3 Å². The van der Waals surface area contributed by atoms with Crippen LogP contribution in [0.15, 0.2) is 35.7 Å². The lowest BCUT2D eigenvalue weighted by Crippen LogP contribution is -2.53. The Balaban J connectivity index is 1.77. The molecular formula is C27H39N3O3S. The third-order valence-corrected chi connectivity index (χ3v) is 6.97. The van der Waals surface area contributed by atoms with E-state index < -0.39 is 0 Å². The first-order valence-electron chi connectivity index (χ1n) is 12.2. The lowest BCUT2D eigenvalue weighted by molar-refractivity contribution is -0.135. The average Bonchev–Trinajstić information content (AvgIpc) is 3.23. The Hall–Kier alpha value is -2.54. The summed E-state index contributed by atoms with van der Waals surface area (Å²) in [4.78, 5) is 31.5. The van der Waals surface area contributed by atoms with Gasteiger partial charge in [-0.2, -0.15) is 0 Å². The van der Waals surface area contributed by atoms with E-state index >= 15 is 0 Å². The monoisotopic (exact) mass is 485 g/mol. The minimum absolute atomic E-state index is 0.0388. The van der Waals surface area contributed by atoms with Crippen molar-refractivity contribution in [2.45, 2.75) is 66.0 Å². The highest BCUT2D eigenvalue weighted by atomic mass is 32.1. The number of amides is 3. The van der Waals surface area contributed by atoms with Crippen LogP contribution >= 0.6 is 11.3 Å². The topological polar surface area (TPSA) is 61.9 Å². The van der Waals surface area contributed by atoms with E-state index in [2.05, 4.69) is 30.6 Å². The van der Waals surface area contributed by atoms with Gasteiger partial charge < -0.3 is 19.9 Å². The second-order valence-corrected chi connectivity index (χ2v) is 11.5. The summed E-state index contributed by atoms with van der Waals surface area (Å²) in [7, 11) is 0. The molecule has 0 saturated carbocycles. The Morgan fingerprint density at radius 1 is 1.24 bits per heavy atom. The summed E-state index contributed by atoms with van der Waals surface area (Å²) in [5.41, 5.74) is 1.86. The van der Waals surface area contributed by atoms with Gasteiger partial charge in [0, 0.05) is 23.5 Å². The van der Waals surface area contributed by atoms with E-state index in [4.69, 9.17) is 4.74 Å². The maximum atomic E-state index is 13.6. The second kappa shape index (κ2) is 11.3. The van der Waals surface area contributed by atoms with Gasteiger partial charge in [-0.15, -0.1) is 11.3 Å². The average molecular weight is 486 g/mol. The number of thiophene rings is 1. The van der Waals surface area contributed by atoms with Crippen LogP contribution < -0.4 is 10.1 Å². The smallest absolute Gasteiger partial charge is 0.318 e. The van der Waals surface area contributed by atoms with E-state index in [0.29, 0.717) is 25.6 Å². The number of rotatable bonds is 8. The summed E-state index contributed by atoms with van der Waals surface area (Å²) >= 11 is 1.74. The van der Waals surface area contributed by atoms with Crippen LogP contribution in [-0.4, -0.2) is 53.5 Å². The molecular weight excluding hydrogens is 446 g/mol. The molecule has 3 amide bonds. The molecule has 3 rings (SSSR count). The summed E-state index contributed by atoms with van der Waals surface area (Å²) < 4.78 is 6.20. The van der Waals surface area contributed by atoms with Crippen LogP contribution in [0, 0.1) is 12.8 Å². The van der Waals surface area contributed by atoms with E-state index in [-0.39, 0.29) is 30.1 Å². The Kier molecular flexibility index (Phi) is 8.63.